The first-order chi connectivity index (χ1) is 16.4. The fourth-order valence-corrected chi connectivity index (χ4v) is 3.41. The molecule has 3 aromatic rings. The summed E-state index contributed by atoms with van der Waals surface area (Å²) in [4.78, 5) is 40.6. The van der Waals surface area contributed by atoms with Gasteiger partial charge < -0.3 is 9.84 Å². The number of hydrazone groups is 1. The van der Waals surface area contributed by atoms with Crippen molar-refractivity contribution in [3.05, 3.63) is 92.8 Å². The van der Waals surface area contributed by atoms with Crippen molar-refractivity contribution in [2.75, 3.05) is 6.61 Å². The third-order valence-electron chi connectivity index (χ3n) is 4.83. The van der Waals surface area contributed by atoms with E-state index >= 15 is 0 Å². The fraction of sp³-hybridized carbons (Fsp3) is 0.167. The van der Waals surface area contributed by atoms with Crippen molar-refractivity contribution in [2.45, 2.75) is 20.5 Å². The minimum Gasteiger partial charge on any atom is -0.462 e. The molecule has 0 bridgehead atoms. The van der Waals surface area contributed by atoms with Crippen LogP contribution in [-0.4, -0.2) is 39.7 Å². The van der Waals surface area contributed by atoms with Gasteiger partial charge in [-0.3, -0.25) is 19.9 Å². The minimum absolute atomic E-state index is 0.0291. The number of carbonyl (C=O) groups is 2. The zero-order chi connectivity index (χ0) is 24.7. The standard InChI is InChI=1S/C24H22N4O6/c1-3-34-24(31)20-15(2)26-19(14-29)22(21(20)17-9-5-4-6-10-17)23(30)27-25-13-16-8-7-11-18(12-16)28(32)33/h4-13,29H,3,14H2,1-2H3,(H,27,30). The molecule has 1 heterocycles. The number of aryl methyl sites for hydroxylation is 1. The summed E-state index contributed by atoms with van der Waals surface area (Å²) < 4.78 is 5.19. The van der Waals surface area contributed by atoms with Crippen LogP contribution in [0.4, 0.5) is 5.69 Å². The van der Waals surface area contributed by atoms with E-state index in [4.69, 9.17) is 4.74 Å². The first kappa shape index (κ1) is 24.2. The molecule has 0 unspecified atom stereocenters. The van der Waals surface area contributed by atoms with Crippen molar-refractivity contribution >= 4 is 23.8 Å². The van der Waals surface area contributed by atoms with Gasteiger partial charge in [-0.1, -0.05) is 42.5 Å². The first-order valence-corrected chi connectivity index (χ1v) is 10.3. The van der Waals surface area contributed by atoms with E-state index < -0.39 is 23.4 Å². The molecule has 174 valence electrons. The van der Waals surface area contributed by atoms with Crippen LogP contribution in [0.1, 0.15) is 44.6 Å². The lowest BCUT2D eigenvalue weighted by atomic mass is 9.92. The number of rotatable bonds is 8. The molecule has 2 N–H and O–H groups in total. The average molecular weight is 462 g/mol. The average Bonchev–Trinajstić information content (AvgIpc) is 2.83. The zero-order valence-corrected chi connectivity index (χ0v) is 18.5. The molecule has 0 radical (unpaired) electrons. The number of aliphatic hydroxyl groups excluding tert-OH is 1. The number of nitrogens with zero attached hydrogens (tertiary/aromatic N) is 3. The van der Waals surface area contributed by atoms with Gasteiger partial charge in [0, 0.05) is 23.3 Å². The summed E-state index contributed by atoms with van der Waals surface area (Å²) in [5.41, 5.74) is 3.90. The molecule has 0 aliphatic heterocycles. The van der Waals surface area contributed by atoms with Gasteiger partial charge in [0.15, 0.2) is 0 Å². The molecule has 2 aromatic carbocycles. The molecular weight excluding hydrogens is 440 g/mol. The van der Waals surface area contributed by atoms with E-state index in [0.29, 0.717) is 16.8 Å². The Morgan fingerprint density at radius 1 is 1.18 bits per heavy atom. The van der Waals surface area contributed by atoms with Gasteiger partial charge in [-0.15, -0.1) is 0 Å². The van der Waals surface area contributed by atoms with Crippen molar-refractivity contribution in [2.24, 2.45) is 5.10 Å². The van der Waals surface area contributed by atoms with E-state index in [1.54, 1.807) is 50.2 Å². The molecule has 1 amide bonds. The Labute approximate surface area is 195 Å². The lowest BCUT2D eigenvalue weighted by Gasteiger charge is -2.18. The number of pyridine rings is 1. The molecule has 1 aromatic heterocycles. The second-order valence-electron chi connectivity index (χ2n) is 7.06. The first-order valence-electron chi connectivity index (χ1n) is 10.3. The van der Waals surface area contributed by atoms with E-state index in [1.165, 1.54) is 24.4 Å². The molecule has 0 aliphatic rings. The Bertz CT molecular complexity index is 1260. The maximum Gasteiger partial charge on any atom is 0.340 e. The second kappa shape index (κ2) is 10.9. The Balaban J connectivity index is 2.08. The van der Waals surface area contributed by atoms with Crippen molar-refractivity contribution < 1.29 is 24.4 Å². The Morgan fingerprint density at radius 2 is 1.91 bits per heavy atom. The number of aromatic nitrogens is 1. The second-order valence-corrected chi connectivity index (χ2v) is 7.06. The third kappa shape index (κ3) is 5.30. The summed E-state index contributed by atoms with van der Waals surface area (Å²) in [6, 6.07) is 14.5. The van der Waals surface area contributed by atoms with Crippen LogP contribution < -0.4 is 5.43 Å². The molecule has 34 heavy (non-hydrogen) atoms. The molecule has 0 aliphatic carbocycles. The zero-order valence-electron chi connectivity index (χ0n) is 18.5. The largest absolute Gasteiger partial charge is 0.462 e. The van der Waals surface area contributed by atoms with Gasteiger partial charge in [0.2, 0.25) is 0 Å². The van der Waals surface area contributed by atoms with E-state index in [-0.39, 0.29) is 34.7 Å². The van der Waals surface area contributed by atoms with Crippen LogP contribution >= 0.6 is 0 Å². The highest BCUT2D eigenvalue weighted by Crippen LogP contribution is 2.32. The monoisotopic (exact) mass is 462 g/mol. The van der Waals surface area contributed by atoms with Crippen molar-refractivity contribution in [3.8, 4) is 11.1 Å². The molecule has 0 atom stereocenters. The van der Waals surface area contributed by atoms with Crippen LogP contribution in [0.2, 0.25) is 0 Å². The highest BCUT2D eigenvalue weighted by Gasteiger charge is 2.28. The van der Waals surface area contributed by atoms with E-state index in [0.717, 1.165) is 0 Å². The molecule has 3 rings (SSSR count). The Morgan fingerprint density at radius 3 is 2.56 bits per heavy atom. The summed E-state index contributed by atoms with van der Waals surface area (Å²) in [7, 11) is 0. The summed E-state index contributed by atoms with van der Waals surface area (Å²) in [6.45, 7) is 2.84. The van der Waals surface area contributed by atoms with Crippen LogP contribution in [0.5, 0.6) is 0 Å². The number of aliphatic hydroxyl groups is 1. The maximum atomic E-state index is 13.2. The van der Waals surface area contributed by atoms with Crippen LogP contribution in [0.25, 0.3) is 11.1 Å². The predicted octanol–water partition coefficient (Wildman–Crippen LogP) is 3.40. The van der Waals surface area contributed by atoms with E-state index in [2.05, 4.69) is 15.5 Å². The number of esters is 1. The highest BCUT2D eigenvalue weighted by molar-refractivity contribution is 6.09. The number of benzene rings is 2. The predicted molar refractivity (Wildman–Crippen MR) is 124 cm³/mol. The van der Waals surface area contributed by atoms with Crippen molar-refractivity contribution in [3.63, 3.8) is 0 Å². The van der Waals surface area contributed by atoms with Gasteiger partial charge in [-0.2, -0.15) is 5.10 Å². The molecular formula is C24H22N4O6. The Kier molecular flexibility index (Phi) is 7.78. The number of ether oxygens (including phenoxy) is 1. The maximum absolute atomic E-state index is 13.2. The van der Waals surface area contributed by atoms with E-state index in [1.807, 2.05) is 0 Å². The van der Waals surface area contributed by atoms with E-state index in [9.17, 15) is 24.8 Å². The third-order valence-corrected chi connectivity index (χ3v) is 4.83. The number of non-ortho nitro benzene ring substituents is 1. The van der Waals surface area contributed by atoms with Gasteiger partial charge >= 0.3 is 5.97 Å². The van der Waals surface area contributed by atoms with Crippen LogP contribution in [0.3, 0.4) is 0 Å². The smallest absolute Gasteiger partial charge is 0.340 e. The number of nitrogens with one attached hydrogen (secondary N) is 1. The van der Waals surface area contributed by atoms with Gasteiger partial charge in [0.25, 0.3) is 11.6 Å². The number of hydrogen-bond donors (Lipinski definition) is 2. The summed E-state index contributed by atoms with van der Waals surface area (Å²) in [5, 5.41) is 24.8. The SMILES string of the molecule is CCOC(=O)c1c(C)nc(CO)c(C(=O)NN=Cc2cccc([N+](=O)[O-])c2)c1-c1ccccc1. The summed E-state index contributed by atoms with van der Waals surface area (Å²) >= 11 is 0. The minimum atomic E-state index is -0.720. The molecule has 0 fully saturated rings. The van der Waals surface area contributed by atoms with Gasteiger partial charge in [0.1, 0.15) is 0 Å². The quantitative estimate of drug-likeness (QED) is 0.226. The fourth-order valence-electron chi connectivity index (χ4n) is 3.41. The van der Waals surface area contributed by atoms with Gasteiger partial charge in [-0.25, -0.2) is 10.2 Å². The molecule has 0 saturated carbocycles. The highest BCUT2D eigenvalue weighted by atomic mass is 16.6. The lowest BCUT2D eigenvalue weighted by molar-refractivity contribution is -0.384. The topological polar surface area (TPSA) is 144 Å². The number of nitro benzene ring substituents is 1. The number of amides is 1. The van der Waals surface area contributed by atoms with Gasteiger partial charge in [-0.05, 0) is 19.4 Å². The van der Waals surface area contributed by atoms with Crippen LogP contribution in [0, 0.1) is 17.0 Å². The molecule has 0 saturated heterocycles. The number of nitro groups is 1. The summed E-state index contributed by atoms with van der Waals surface area (Å²) in [6.07, 6.45) is 1.25. The lowest BCUT2D eigenvalue weighted by Crippen LogP contribution is -2.24. The normalized spacial score (nSPS) is 10.8. The summed E-state index contributed by atoms with van der Waals surface area (Å²) in [5.74, 6) is -1.37. The molecule has 0 spiro atoms. The molecule has 10 nitrogen and oxygen atoms in total. The Hall–Kier alpha value is -4.44. The molecule has 10 heteroatoms. The van der Waals surface area contributed by atoms with Crippen LogP contribution in [-0.2, 0) is 11.3 Å². The van der Waals surface area contributed by atoms with Gasteiger partial charge in [0.05, 0.1) is 46.9 Å². The number of hydrogen-bond acceptors (Lipinski definition) is 8. The van der Waals surface area contributed by atoms with Crippen molar-refractivity contribution in [1.29, 1.82) is 0 Å². The number of carbonyl (C=O) groups excluding carboxylic acids is 2. The van der Waals surface area contributed by atoms with Crippen LogP contribution in [0.15, 0.2) is 59.7 Å². The van der Waals surface area contributed by atoms with Crippen molar-refractivity contribution in [1.82, 2.24) is 10.4 Å².